The zero-order valence-electron chi connectivity index (χ0n) is 17.7. The van der Waals surface area contributed by atoms with E-state index in [9.17, 15) is 9.18 Å². The fourth-order valence-corrected chi connectivity index (χ4v) is 4.32. The maximum absolute atomic E-state index is 14.5. The fraction of sp³-hybridized carbons (Fsp3) is 0.222. The molecule has 0 aromatic heterocycles. The molecule has 3 aromatic rings. The van der Waals surface area contributed by atoms with Crippen LogP contribution in [0.25, 0.3) is 5.57 Å². The lowest BCUT2D eigenvalue weighted by molar-refractivity contribution is 0.0697. The molecule has 0 amide bonds. The Morgan fingerprint density at radius 3 is 2.52 bits per heavy atom. The van der Waals surface area contributed by atoms with Gasteiger partial charge in [0.1, 0.15) is 11.6 Å². The average Bonchev–Trinajstić information content (AvgIpc) is 3.18. The first-order chi connectivity index (χ1) is 14.9. The van der Waals surface area contributed by atoms with Crippen molar-refractivity contribution in [3.63, 3.8) is 0 Å². The van der Waals surface area contributed by atoms with Gasteiger partial charge in [0, 0.05) is 0 Å². The van der Waals surface area contributed by atoms with Crippen molar-refractivity contribution in [1.29, 1.82) is 0 Å². The largest absolute Gasteiger partial charge is 0.497 e. The van der Waals surface area contributed by atoms with Crippen molar-refractivity contribution < 1.29 is 19.0 Å². The number of halogens is 1. The maximum Gasteiger partial charge on any atom is 0.335 e. The molecule has 4 heteroatoms. The van der Waals surface area contributed by atoms with Gasteiger partial charge in [0.25, 0.3) is 0 Å². The Morgan fingerprint density at radius 2 is 1.81 bits per heavy atom. The number of benzene rings is 3. The Labute approximate surface area is 181 Å². The lowest BCUT2D eigenvalue weighted by atomic mass is 9.91. The smallest absolute Gasteiger partial charge is 0.335 e. The van der Waals surface area contributed by atoms with E-state index in [4.69, 9.17) is 9.84 Å². The van der Waals surface area contributed by atoms with E-state index in [-0.39, 0.29) is 11.4 Å². The number of carbonyl (C=O) groups is 1. The highest BCUT2D eigenvalue weighted by Gasteiger charge is 2.22. The SMILES string of the molecule is COc1cc(C)cc(CC2=CCc3c(F)ccc(CCc4ccc(C(=O)O)cc4)c32)c1. The molecule has 4 rings (SSSR count). The summed E-state index contributed by atoms with van der Waals surface area (Å²) in [5.41, 5.74) is 7.71. The Morgan fingerprint density at radius 1 is 1.03 bits per heavy atom. The molecule has 3 nitrogen and oxygen atoms in total. The van der Waals surface area contributed by atoms with Gasteiger partial charge < -0.3 is 9.84 Å². The highest BCUT2D eigenvalue weighted by molar-refractivity contribution is 5.87. The minimum Gasteiger partial charge on any atom is -0.497 e. The van der Waals surface area contributed by atoms with E-state index in [2.05, 4.69) is 12.1 Å². The Balaban J connectivity index is 1.58. The van der Waals surface area contributed by atoms with Gasteiger partial charge in [-0.25, -0.2) is 9.18 Å². The van der Waals surface area contributed by atoms with Crippen LogP contribution in [0.3, 0.4) is 0 Å². The van der Waals surface area contributed by atoms with E-state index >= 15 is 0 Å². The molecule has 1 aliphatic rings. The number of ether oxygens (including phenoxy) is 1. The lowest BCUT2D eigenvalue weighted by Crippen LogP contribution is -2.02. The van der Waals surface area contributed by atoms with E-state index in [1.54, 1.807) is 25.3 Å². The van der Waals surface area contributed by atoms with E-state index in [1.807, 2.05) is 37.3 Å². The third kappa shape index (κ3) is 4.53. The summed E-state index contributed by atoms with van der Waals surface area (Å²) in [6, 6.07) is 16.6. The monoisotopic (exact) mass is 416 g/mol. The van der Waals surface area contributed by atoms with Crippen molar-refractivity contribution in [2.24, 2.45) is 0 Å². The molecule has 0 fully saturated rings. The van der Waals surface area contributed by atoms with Gasteiger partial charge in [0.15, 0.2) is 0 Å². The highest BCUT2D eigenvalue weighted by atomic mass is 19.1. The standard InChI is InChI=1S/C27H25FO3/c1-17-13-19(16-23(14-17)31-2)15-22-9-11-24-25(28)12-10-20(26(22)24)6-3-18-4-7-21(8-5-18)27(29)30/h4-5,7-10,12-14,16H,3,6,11,15H2,1-2H3,(H,29,30). The predicted molar refractivity (Wildman–Crippen MR) is 120 cm³/mol. The highest BCUT2D eigenvalue weighted by Crippen LogP contribution is 2.36. The van der Waals surface area contributed by atoms with E-state index < -0.39 is 5.97 Å². The van der Waals surface area contributed by atoms with Gasteiger partial charge in [-0.3, -0.25) is 0 Å². The van der Waals surface area contributed by atoms with Gasteiger partial charge in [0.2, 0.25) is 0 Å². The maximum atomic E-state index is 14.5. The van der Waals surface area contributed by atoms with Crippen molar-refractivity contribution in [3.8, 4) is 5.75 Å². The number of carboxylic acids is 1. The van der Waals surface area contributed by atoms with E-state index in [1.165, 1.54) is 0 Å². The van der Waals surface area contributed by atoms with Crippen LogP contribution in [0.15, 0.2) is 60.7 Å². The van der Waals surface area contributed by atoms with Crippen LogP contribution in [-0.4, -0.2) is 18.2 Å². The molecule has 0 heterocycles. The number of allylic oxidation sites excluding steroid dienone is 2. The predicted octanol–water partition coefficient (Wildman–Crippen LogP) is 5.81. The van der Waals surface area contributed by atoms with Crippen LogP contribution >= 0.6 is 0 Å². The zero-order chi connectivity index (χ0) is 22.0. The molecule has 0 saturated heterocycles. The minimum absolute atomic E-state index is 0.155. The number of fused-ring (bicyclic) bond motifs is 1. The quantitative estimate of drug-likeness (QED) is 0.529. The number of aryl methyl sites for hydroxylation is 3. The second kappa shape index (κ2) is 8.76. The molecule has 0 spiro atoms. The molecule has 1 N–H and O–H groups in total. The van der Waals surface area contributed by atoms with E-state index in [0.29, 0.717) is 6.42 Å². The number of methoxy groups -OCH3 is 1. The van der Waals surface area contributed by atoms with Crippen LogP contribution in [0.4, 0.5) is 4.39 Å². The summed E-state index contributed by atoms with van der Waals surface area (Å²) in [5, 5.41) is 9.07. The lowest BCUT2D eigenvalue weighted by Gasteiger charge is -2.15. The molecule has 0 saturated carbocycles. The van der Waals surface area contributed by atoms with Crippen molar-refractivity contribution in [2.45, 2.75) is 32.6 Å². The van der Waals surface area contributed by atoms with Gasteiger partial charge >= 0.3 is 5.97 Å². The van der Waals surface area contributed by atoms with Crippen LogP contribution < -0.4 is 4.74 Å². The summed E-state index contributed by atoms with van der Waals surface area (Å²) in [6.07, 6.45) is 5.01. The van der Waals surface area contributed by atoms with Gasteiger partial charge in [-0.2, -0.15) is 0 Å². The summed E-state index contributed by atoms with van der Waals surface area (Å²) >= 11 is 0. The average molecular weight is 416 g/mol. The molecule has 3 aromatic carbocycles. The van der Waals surface area contributed by atoms with Gasteiger partial charge in [-0.1, -0.05) is 30.3 Å². The molecule has 0 radical (unpaired) electrons. The number of rotatable bonds is 7. The molecule has 0 unspecified atom stereocenters. The molecule has 31 heavy (non-hydrogen) atoms. The first-order valence-electron chi connectivity index (χ1n) is 10.4. The van der Waals surface area contributed by atoms with E-state index in [0.717, 1.165) is 64.0 Å². The molecule has 0 bridgehead atoms. The van der Waals surface area contributed by atoms with Crippen LogP contribution in [0, 0.1) is 12.7 Å². The summed E-state index contributed by atoms with van der Waals surface area (Å²) < 4.78 is 19.9. The summed E-state index contributed by atoms with van der Waals surface area (Å²) in [7, 11) is 1.67. The number of hydrogen-bond donors (Lipinski definition) is 1. The first kappa shape index (κ1) is 20.9. The summed E-state index contributed by atoms with van der Waals surface area (Å²) in [4.78, 5) is 11.0. The van der Waals surface area contributed by atoms with Crippen LogP contribution in [0.1, 0.15) is 43.7 Å². The fourth-order valence-electron chi connectivity index (χ4n) is 4.32. The normalized spacial score (nSPS) is 12.4. The molecule has 0 atom stereocenters. The second-order valence-corrected chi connectivity index (χ2v) is 8.03. The van der Waals surface area contributed by atoms with Crippen molar-refractivity contribution >= 4 is 11.5 Å². The van der Waals surface area contributed by atoms with Crippen molar-refractivity contribution in [3.05, 3.63) is 105 Å². The first-order valence-corrected chi connectivity index (χ1v) is 10.4. The number of carboxylic acid groups (broad SMARTS) is 1. The Bertz CT molecular complexity index is 1160. The molecular weight excluding hydrogens is 391 g/mol. The van der Waals surface area contributed by atoms with Gasteiger partial charge in [0.05, 0.1) is 12.7 Å². The summed E-state index contributed by atoms with van der Waals surface area (Å²) in [5.74, 6) is -0.249. The Hall–Kier alpha value is -3.40. The molecule has 1 aliphatic carbocycles. The third-order valence-electron chi connectivity index (χ3n) is 5.84. The molecule has 0 aliphatic heterocycles. The minimum atomic E-state index is -0.925. The molecule has 158 valence electrons. The van der Waals surface area contributed by atoms with Crippen molar-refractivity contribution in [2.75, 3.05) is 7.11 Å². The number of hydrogen-bond acceptors (Lipinski definition) is 2. The van der Waals surface area contributed by atoms with Crippen molar-refractivity contribution in [1.82, 2.24) is 0 Å². The zero-order valence-corrected chi connectivity index (χ0v) is 17.7. The topological polar surface area (TPSA) is 46.5 Å². The number of aromatic carboxylic acids is 1. The van der Waals surface area contributed by atoms with Crippen LogP contribution in [0.2, 0.25) is 0 Å². The molecular formula is C27H25FO3. The summed E-state index contributed by atoms with van der Waals surface area (Å²) in [6.45, 7) is 2.05. The van der Waals surface area contributed by atoms with Crippen LogP contribution in [0.5, 0.6) is 5.75 Å². The van der Waals surface area contributed by atoms with Gasteiger partial charge in [-0.15, -0.1) is 0 Å². The van der Waals surface area contributed by atoms with Crippen LogP contribution in [-0.2, 0) is 25.7 Å². The Kier molecular flexibility index (Phi) is 5.90. The second-order valence-electron chi connectivity index (χ2n) is 8.03. The third-order valence-corrected chi connectivity index (χ3v) is 5.84. The van der Waals surface area contributed by atoms with Gasteiger partial charge in [-0.05, 0) is 102 Å².